The monoisotopic (exact) mass is 589 g/mol. The Balaban J connectivity index is 1.48. The Hall–Kier alpha value is -2.78. The largest absolute Gasteiger partial charge is 0.495 e. The van der Waals surface area contributed by atoms with Crippen LogP contribution in [0.1, 0.15) is 47.7 Å². The fraction of sp³-hybridized carbons (Fsp3) is 0.345. The molecule has 39 heavy (non-hydrogen) atoms. The van der Waals surface area contributed by atoms with Crippen LogP contribution in [0.3, 0.4) is 0 Å². The van der Waals surface area contributed by atoms with E-state index in [0.29, 0.717) is 27.3 Å². The molecule has 2 amide bonds. The quantitative estimate of drug-likeness (QED) is 0.326. The number of halogens is 2. The Labute approximate surface area is 240 Å². The van der Waals surface area contributed by atoms with Crippen LogP contribution in [0.15, 0.2) is 53.4 Å². The van der Waals surface area contributed by atoms with E-state index in [1.165, 1.54) is 36.4 Å². The Morgan fingerprint density at radius 2 is 1.87 bits per heavy atom. The summed E-state index contributed by atoms with van der Waals surface area (Å²) in [6.07, 6.45) is 0.887. The van der Waals surface area contributed by atoms with Crippen LogP contribution < -0.4 is 15.4 Å². The van der Waals surface area contributed by atoms with Gasteiger partial charge in [0.25, 0.3) is 0 Å². The van der Waals surface area contributed by atoms with Crippen LogP contribution in [0.2, 0.25) is 10.0 Å². The van der Waals surface area contributed by atoms with E-state index < -0.39 is 21.9 Å². The van der Waals surface area contributed by atoms with Gasteiger partial charge in [-0.1, -0.05) is 47.5 Å². The summed E-state index contributed by atoms with van der Waals surface area (Å²) in [6, 6.07) is 13.4. The molecule has 7 nitrogen and oxygen atoms in total. The molecule has 0 aromatic heterocycles. The lowest BCUT2D eigenvalue weighted by molar-refractivity contribution is 0.231. The first-order valence-corrected chi connectivity index (χ1v) is 15.0. The molecule has 0 bridgehead atoms. The van der Waals surface area contributed by atoms with Gasteiger partial charge in [0.15, 0.2) is 9.84 Å². The highest BCUT2D eigenvalue weighted by Gasteiger charge is 2.23. The van der Waals surface area contributed by atoms with Gasteiger partial charge in [-0.15, -0.1) is 0 Å². The number of anilines is 1. The van der Waals surface area contributed by atoms with E-state index in [9.17, 15) is 13.2 Å². The number of rotatable bonds is 7. The van der Waals surface area contributed by atoms with E-state index >= 15 is 0 Å². The van der Waals surface area contributed by atoms with E-state index in [0.717, 1.165) is 24.1 Å². The fourth-order valence-electron chi connectivity index (χ4n) is 4.78. The number of fused-ring (bicyclic) bond motifs is 1. The Morgan fingerprint density at radius 3 is 2.59 bits per heavy atom. The zero-order valence-corrected chi connectivity index (χ0v) is 25.0. The molecule has 3 aromatic carbocycles. The van der Waals surface area contributed by atoms with Crippen molar-refractivity contribution in [3.05, 3.63) is 86.4 Å². The molecule has 2 unspecified atom stereocenters. The summed E-state index contributed by atoms with van der Waals surface area (Å²) in [5.41, 5.74) is 5.11. The number of benzene rings is 3. The molecule has 2 N–H and O–H groups in total. The third-order valence-corrected chi connectivity index (χ3v) is 9.61. The molecule has 0 saturated carbocycles. The molecule has 1 aliphatic rings. The van der Waals surface area contributed by atoms with Crippen LogP contribution in [-0.2, 0) is 28.6 Å². The minimum atomic E-state index is -3.66. The fourth-order valence-corrected chi connectivity index (χ4v) is 6.68. The topological polar surface area (TPSA) is 87.7 Å². The lowest BCUT2D eigenvalue weighted by Crippen LogP contribution is -2.35. The number of urea groups is 1. The molecule has 1 aliphatic heterocycles. The second-order valence-electron chi connectivity index (χ2n) is 10.2. The van der Waals surface area contributed by atoms with Crippen molar-refractivity contribution in [1.82, 2.24) is 10.2 Å². The second-order valence-corrected chi connectivity index (χ2v) is 12.9. The lowest BCUT2D eigenvalue weighted by atomic mass is 9.94. The van der Waals surface area contributed by atoms with Crippen LogP contribution in [0.4, 0.5) is 10.5 Å². The zero-order valence-electron chi connectivity index (χ0n) is 22.6. The third-order valence-electron chi connectivity index (χ3n) is 7.11. The second kappa shape index (κ2) is 11.8. The van der Waals surface area contributed by atoms with Crippen molar-refractivity contribution < 1.29 is 17.9 Å². The zero-order chi connectivity index (χ0) is 28.5. The number of sulfone groups is 1. The number of nitrogens with one attached hydrogen (secondary N) is 2. The van der Waals surface area contributed by atoms with Gasteiger partial charge in [0.2, 0.25) is 0 Å². The Morgan fingerprint density at radius 1 is 1.13 bits per heavy atom. The summed E-state index contributed by atoms with van der Waals surface area (Å²) in [6.45, 7) is 6.71. The highest BCUT2D eigenvalue weighted by molar-refractivity contribution is 7.90. The van der Waals surface area contributed by atoms with Gasteiger partial charge >= 0.3 is 6.03 Å². The van der Waals surface area contributed by atoms with Gasteiger partial charge in [-0.2, -0.15) is 0 Å². The number of likely N-dealkylation sites (N-methyl/N-ethyl adjacent to an activating group) is 1. The minimum Gasteiger partial charge on any atom is -0.495 e. The summed E-state index contributed by atoms with van der Waals surface area (Å²) in [5.74, 6) is 0.107. The maximum atomic E-state index is 13.3. The molecule has 0 aliphatic carbocycles. The normalized spacial score (nSPS) is 16.3. The number of aryl methyl sites for hydroxylation is 1. The van der Waals surface area contributed by atoms with Crippen molar-refractivity contribution in [3.8, 4) is 5.75 Å². The van der Waals surface area contributed by atoms with Gasteiger partial charge in [-0.05, 0) is 80.3 Å². The molecule has 0 fully saturated rings. The van der Waals surface area contributed by atoms with Crippen LogP contribution in [-0.4, -0.2) is 39.5 Å². The first-order valence-electron chi connectivity index (χ1n) is 12.6. The molecule has 0 radical (unpaired) electrons. The van der Waals surface area contributed by atoms with Crippen LogP contribution >= 0.6 is 23.2 Å². The van der Waals surface area contributed by atoms with Crippen molar-refractivity contribution in [3.63, 3.8) is 0 Å². The van der Waals surface area contributed by atoms with Crippen molar-refractivity contribution in [2.75, 3.05) is 19.5 Å². The smallest absolute Gasteiger partial charge is 0.319 e. The number of carbonyl (C=O) groups excluding carboxylic acids is 1. The van der Waals surface area contributed by atoms with E-state index in [2.05, 4.69) is 29.5 Å². The lowest BCUT2D eigenvalue weighted by Gasteiger charge is -2.31. The average Bonchev–Trinajstić information content (AvgIpc) is 2.86. The van der Waals surface area contributed by atoms with Crippen LogP contribution in [0.25, 0.3) is 0 Å². The molecule has 2 atom stereocenters. The number of hydrogen-bond donors (Lipinski definition) is 2. The molecule has 0 saturated heterocycles. The predicted molar refractivity (Wildman–Crippen MR) is 157 cm³/mol. The summed E-state index contributed by atoms with van der Waals surface area (Å²) in [4.78, 5) is 15.2. The summed E-state index contributed by atoms with van der Waals surface area (Å²) >= 11 is 12.5. The van der Waals surface area contributed by atoms with Gasteiger partial charge in [-0.3, -0.25) is 4.90 Å². The SMILES string of the molecule is COc1cc(S(=O)(=O)Cc2ccc3c(c2)CC(C)N(C)C3)ccc1NC(=O)NC(C)c1cc(C)cc(Cl)c1Cl. The molecule has 3 aromatic rings. The molecule has 4 rings (SSSR count). The first kappa shape index (κ1) is 29.2. The maximum Gasteiger partial charge on any atom is 0.319 e. The first-order chi connectivity index (χ1) is 18.4. The van der Waals surface area contributed by atoms with Gasteiger partial charge in [-0.25, -0.2) is 13.2 Å². The highest BCUT2D eigenvalue weighted by atomic mass is 35.5. The van der Waals surface area contributed by atoms with Crippen LogP contribution in [0, 0.1) is 6.92 Å². The number of amides is 2. The molecular formula is C29H33Cl2N3O4S. The Bertz CT molecular complexity index is 1510. The number of carbonyl (C=O) groups is 1. The molecule has 0 spiro atoms. The average molecular weight is 591 g/mol. The van der Waals surface area contributed by atoms with Crippen molar-refractivity contribution in [2.24, 2.45) is 0 Å². The van der Waals surface area contributed by atoms with Crippen molar-refractivity contribution in [2.45, 2.75) is 56.5 Å². The molecule has 10 heteroatoms. The van der Waals surface area contributed by atoms with Gasteiger partial charge < -0.3 is 15.4 Å². The molecule has 1 heterocycles. The standard InChI is InChI=1S/C29H33Cl2N3O4S/c1-17-10-24(28(31)25(30)11-17)19(3)32-29(35)33-26-9-8-23(14-27(26)38-5)39(36,37)16-20-6-7-21-15-34(4)18(2)12-22(21)13-20/h6-11,13-14,18-19H,12,15-16H2,1-5H3,(H2,32,33,35). The van der Waals surface area contributed by atoms with Crippen molar-refractivity contribution in [1.29, 1.82) is 0 Å². The van der Waals surface area contributed by atoms with Gasteiger partial charge in [0, 0.05) is 18.7 Å². The highest BCUT2D eigenvalue weighted by Crippen LogP contribution is 2.33. The number of ether oxygens (including phenoxy) is 1. The molecule has 208 valence electrons. The number of nitrogens with zero attached hydrogens (tertiary/aromatic N) is 1. The van der Waals surface area contributed by atoms with E-state index in [-0.39, 0.29) is 16.4 Å². The third kappa shape index (κ3) is 6.69. The summed E-state index contributed by atoms with van der Waals surface area (Å²) in [7, 11) is -0.137. The predicted octanol–water partition coefficient (Wildman–Crippen LogP) is 6.54. The van der Waals surface area contributed by atoms with Crippen LogP contribution in [0.5, 0.6) is 5.75 Å². The van der Waals surface area contributed by atoms with E-state index in [1.807, 2.05) is 31.2 Å². The van der Waals surface area contributed by atoms with E-state index in [4.69, 9.17) is 27.9 Å². The summed E-state index contributed by atoms with van der Waals surface area (Å²) < 4.78 is 32.0. The van der Waals surface area contributed by atoms with Gasteiger partial charge in [0.1, 0.15) is 5.75 Å². The maximum absolute atomic E-state index is 13.3. The minimum absolute atomic E-state index is 0.116. The summed E-state index contributed by atoms with van der Waals surface area (Å²) in [5, 5.41) is 6.35. The van der Waals surface area contributed by atoms with Gasteiger partial charge in [0.05, 0.1) is 39.5 Å². The van der Waals surface area contributed by atoms with Crippen molar-refractivity contribution >= 4 is 44.8 Å². The molecular weight excluding hydrogens is 557 g/mol. The Kier molecular flexibility index (Phi) is 8.81. The number of hydrogen-bond acceptors (Lipinski definition) is 5. The van der Waals surface area contributed by atoms with E-state index in [1.54, 1.807) is 13.0 Å². The number of methoxy groups -OCH3 is 1.